The normalized spacial score (nSPS) is 18.9. The van der Waals surface area contributed by atoms with Crippen molar-refractivity contribution in [3.63, 3.8) is 0 Å². The van der Waals surface area contributed by atoms with Crippen molar-refractivity contribution in [1.82, 2.24) is 5.32 Å². The molecule has 1 aliphatic carbocycles. The molecule has 0 saturated heterocycles. The first-order chi connectivity index (χ1) is 14.0. The summed E-state index contributed by atoms with van der Waals surface area (Å²) in [7, 11) is 0. The lowest BCUT2D eigenvalue weighted by atomic mass is 9.80. The first-order valence-corrected chi connectivity index (χ1v) is 10.4. The standard InChI is InChI=1S/C24H29FN2O2/c1-3-27(21-9-6-7-17(2)15-21)24(29)19-13-11-18(12-14-19)23(28)26-16-20-8-4-5-10-22(20)25/h4-10,15,18-19H,3,11-14,16H2,1-2H3,(H,26,28). The van der Waals surface area contributed by atoms with E-state index in [2.05, 4.69) is 5.32 Å². The van der Waals surface area contributed by atoms with Crippen LogP contribution in [0.5, 0.6) is 0 Å². The van der Waals surface area contributed by atoms with Crippen LogP contribution in [0.15, 0.2) is 48.5 Å². The molecule has 3 rings (SSSR count). The van der Waals surface area contributed by atoms with Crippen LogP contribution < -0.4 is 10.2 Å². The van der Waals surface area contributed by atoms with Crippen LogP contribution >= 0.6 is 0 Å². The lowest BCUT2D eigenvalue weighted by Crippen LogP contribution is -2.40. The predicted molar refractivity (Wildman–Crippen MR) is 113 cm³/mol. The van der Waals surface area contributed by atoms with Crippen molar-refractivity contribution in [2.24, 2.45) is 11.8 Å². The Bertz CT molecular complexity index is 859. The molecule has 29 heavy (non-hydrogen) atoms. The van der Waals surface area contributed by atoms with Crippen molar-refractivity contribution in [2.45, 2.75) is 46.1 Å². The molecular weight excluding hydrogens is 367 g/mol. The molecule has 0 spiro atoms. The molecule has 0 unspecified atom stereocenters. The second-order valence-electron chi connectivity index (χ2n) is 7.78. The van der Waals surface area contributed by atoms with E-state index in [1.807, 2.05) is 43.0 Å². The van der Waals surface area contributed by atoms with Gasteiger partial charge in [-0.1, -0.05) is 30.3 Å². The Morgan fingerprint density at radius 2 is 1.72 bits per heavy atom. The molecule has 1 aliphatic rings. The van der Waals surface area contributed by atoms with Crippen molar-refractivity contribution in [2.75, 3.05) is 11.4 Å². The van der Waals surface area contributed by atoms with Gasteiger partial charge in [0.2, 0.25) is 11.8 Å². The Labute approximate surface area is 172 Å². The van der Waals surface area contributed by atoms with Crippen LogP contribution in [0.2, 0.25) is 0 Å². The number of benzene rings is 2. The monoisotopic (exact) mass is 396 g/mol. The smallest absolute Gasteiger partial charge is 0.230 e. The summed E-state index contributed by atoms with van der Waals surface area (Å²) in [5.41, 5.74) is 2.55. The Balaban J connectivity index is 1.53. The Hall–Kier alpha value is -2.69. The summed E-state index contributed by atoms with van der Waals surface area (Å²) in [5, 5.41) is 2.85. The van der Waals surface area contributed by atoms with Crippen molar-refractivity contribution < 1.29 is 14.0 Å². The summed E-state index contributed by atoms with van der Waals surface area (Å²) < 4.78 is 13.7. The first kappa shape index (κ1) is 21.0. The highest BCUT2D eigenvalue weighted by molar-refractivity contribution is 5.95. The molecule has 2 amide bonds. The van der Waals surface area contributed by atoms with E-state index in [1.54, 1.807) is 18.2 Å². The highest BCUT2D eigenvalue weighted by Crippen LogP contribution is 2.31. The van der Waals surface area contributed by atoms with Crippen LogP contribution in [-0.2, 0) is 16.1 Å². The van der Waals surface area contributed by atoms with Gasteiger partial charge < -0.3 is 10.2 Å². The van der Waals surface area contributed by atoms with Crippen molar-refractivity contribution >= 4 is 17.5 Å². The maximum atomic E-state index is 13.7. The third kappa shape index (κ3) is 5.22. The summed E-state index contributed by atoms with van der Waals surface area (Å²) in [6.07, 6.45) is 2.79. The first-order valence-electron chi connectivity index (χ1n) is 10.4. The molecule has 0 aliphatic heterocycles. The second kappa shape index (κ2) is 9.68. The summed E-state index contributed by atoms with van der Waals surface area (Å²) in [6, 6.07) is 14.5. The topological polar surface area (TPSA) is 49.4 Å². The number of rotatable bonds is 6. The quantitative estimate of drug-likeness (QED) is 0.775. The number of nitrogens with zero attached hydrogens (tertiary/aromatic N) is 1. The molecule has 0 heterocycles. The molecule has 2 aromatic rings. The van der Waals surface area contributed by atoms with E-state index < -0.39 is 0 Å². The lowest BCUT2D eigenvalue weighted by molar-refractivity contribution is -0.129. The maximum absolute atomic E-state index is 13.7. The highest BCUT2D eigenvalue weighted by atomic mass is 19.1. The van der Waals surface area contributed by atoms with E-state index in [4.69, 9.17) is 0 Å². The van der Waals surface area contributed by atoms with Gasteiger partial charge in [-0.2, -0.15) is 0 Å². The van der Waals surface area contributed by atoms with Gasteiger partial charge >= 0.3 is 0 Å². The number of halogens is 1. The SMILES string of the molecule is CCN(C(=O)C1CCC(C(=O)NCc2ccccc2F)CC1)c1cccc(C)c1. The van der Waals surface area contributed by atoms with Crippen LogP contribution in [0, 0.1) is 24.6 Å². The molecule has 1 fully saturated rings. The summed E-state index contributed by atoms with van der Waals surface area (Å²) in [5.74, 6) is -0.377. The Morgan fingerprint density at radius 3 is 2.38 bits per heavy atom. The average molecular weight is 397 g/mol. The number of anilines is 1. The van der Waals surface area contributed by atoms with Gasteiger partial charge in [0, 0.05) is 36.2 Å². The molecule has 2 aromatic carbocycles. The molecule has 5 heteroatoms. The third-order valence-corrected chi connectivity index (χ3v) is 5.75. The molecule has 4 nitrogen and oxygen atoms in total. The predicted octanol–water partition coefficient (Wildman–Crippen LogP) is 4.61. The minimum Gasteiger partial charge on any atom is -0.352 e. The minimum absolute atomic E-state index is 0.0499. The number of carbonyl (C=O) groups excluding carboxylic acids is 2. The highest BCUT2D eigenvalue weighted by Gasteiger charge is 2.32. The fraction of sp³-hybridized carbons (Fsp3) is 0.417. The molecule has 0 bridgehead atoms. The fourth-order valence-corrected chi connectivity index (χ4v) is 4.05. The van der Waals surface area contributed by atoms with E-state index in [9.17, 15) is 14.0 Å². The molecule has 0 radical (unpaired) electrons. The molecule has 0 atom stereocenters. The van der Waals surface area contributed by atoms with E-state index in [0.717, 1.165) is 11.3 Å². The van der Waals surface area contributed by atoms with E-state index >= 15 is 0 Å². The van der Waals surface area contributed by atoms with Crippen LogP contribution in [0.25, 0.3) is 0 Å². The van der Waals surface area contributed by atoms with Crippen LogP contribution in [0.3, 0.4) is 0 Å². The van der Waals surface area contributed by atoms with Gasteiger partial charge in [0.15, 0.2) is 0 Å². The van der Waals surface area contributed by atoms with Gasteiger partial charge in [0.25, 0.3) is 0 Å². The molecule has 1 N–H and O–H groups in total. The van der Waals surface area contributed by atoms with E-state index in [1.165, 1.54) is 6.07 Å². The van der Waals surface area contributed by atoms with Gasteiger partial charge in [0.1, 0.15) is 5.82 Å². The van der Waals surface area contributed by atoms with Gasteiger partial charge in [0.05, 0.1) is 0 Å². The number of carbonyl (C=O) groups is 2. The Morgan fingerprint density at radius 1 is 1.03 bits per heavy atom. The zero-order valence-electron chi connectivity index (χ0n) is 17.2. The van der Waals surface area contributed by atoms with Gasteiger partial charge in [-0.05, 0) is 63.3 Å². The molecule has 154 valence electrons. The second-order valence-corrected chi connectivity index (χ2v) is 7.78. The summed E-state index contributed by atoms with van der Waals surface area (Å²) in [4.78, 5) is 27.4. The molecule has 1 saturated carbocycles. The van der Waals surface area contributed by atoms with Crippen molar-refractivity contribution in [3.05, 3.63) is 65.5 Å². The molecular formula is C24H29FN2O2. The number of hydrogen-bond acceptors (Lipinski definition) is 2. The van der Waals surface area contributed by atoms with Gasteiger partial charge in [-0.15, -0.1) is 0 Å². The number of nitrogens with one attached hydrogen (secondary N) is 1. The summed E-state index contributed by atoms with van der Waals surface area (Å²) in [6.45, 7) is 4.83. The molecule has 0 aromatic heterocycles. The van der Waals surface area contributed by atoms with Crippen molar-refractivity contribution in [1.29, 1.82) is 0 Å². The lowest BCUT2D eigenvalue weighted by Gasteiger charge is -2.31. The zero-order chi connectivity index (χ0) is 20.8. The van der Waals surface area contributed by atoms with E-state index in [0.29, 0.717) is 37.8 Å². The Kier molecular flexibility index (Phi) is 7.02. The zero-order valence-corrected chi connectivity index (χ0v) is 17.2. The number of hydrogen-bond donors (Lipinski definition) is 1. The van der Waals surface area contributed by atoms with Gasteiger partial charge in [-0.25, -0.2) is 4.39 Å². The largest absolute Gasteiger partial charge is 0.352 e. The number of amides is 2. The fourth-order valence-electron chi connectivity index (χ4n) is 4.05. The van der Waals surface area contributed by atoms with Crippen LogP contribution in [0.1, 0.15) is 43.7 Å². The maximum Gasteiger partial charge on any atom is 0.230 e. The third-order valence-electron chi connectivity index (χ3n) is 5.75. The number of aryl methyl sites for hydroxylation is 1. The minimum atomic E-state index is -0.307. The van der Waals surface area contributed by atoms with E-state index in [-0.39, 0.29) is 36.0 Å². The van der Waals surface area contributed by atoms with Crippen LogP contribution in [-0.4, -0.2) is 18.4 Å². The van der Waals surface area contributed by atoms with Crippen LogP contribution in [0.4, 0.5) is 10.1 Å². The van der Waals surface area contributed by atoms with Gasteiger partial charge in [-0.3, -0.25) is 9.59 Å². The van der Waals surface area contributed by atoms with Crippen molar-refractivity contribution in [3.8, 4) is 0 Å². The summed E-state index contributed by atoms with van der Waals surface area (Å²) >= 11 is 0. The average Bonchev–Trinajstić information content (AvgIpc) is 2.73.